The Labute approximate surface area is 183 Å². The van der Waals surface area contributed by atoms with Gasteiger partial charge in [-0.3, -0.25) is 10.1 Å². The van der Waals surface area contributed by atoms with E-state index in [0.717, 1.165) is 18.4 Å². The Bertz CT molecular complexity index is 1080. The Morgan fingerprint density at radius 1 is 1.16 bits per heavy atom. The number of aromatic amines is 1. The van der Waals surface area contributed by atoms with Gasteiger partial charge in [0.1, 0.15) is 5.69 Å². The number of nitrogens with one attached hydrogen (secondary N) is 2. The number of methoxy groups -OCH3 is 2. The number of thiazole rings is 1. The molecule has 0 bridgehead atoms. The number of anilines is 1. The molecule has 0 atom stereocenters. The second-order valence-corrected chi connectivity index (χ2v) is 8.03. The van der Waals surface area contributed by atoms with E-state index in [-0.39, 0.29) is 12.0 Å². The van der Waals surface area contributed by atoms with Crippen molar-refractivity contribution >= 4 is 28.3 Å². The topological polar surface area (TPSA) is 103 Å². The van der Waals surface area contributed by atoms with Crippen LogP contribution in [0, 0.1) is 0 Å². The summed E-state index contributed by atoms with van der Waals surface area (Å²) in [5.74, 6) is 0.429. The third-order valence-corrected chi connectivity index (χ3v) is 5.89. The van der Waals surface area contributed by atoms with Gasteiger partial charge >= 0.3 is 5.97 Å². The summed E-state index contributed by atoms with van der Waals surface area (Å²) < 4.78 is 16.1. The molecule has 162 valence electrons. The number of benzene rings is 1. The third kappa shape index (κ3) is 4.72. The number of amides is 1. The lowest BCUT2D eigenvalue weighted by atomic mass is 10.2. The zero-order valence-electron chi connectivity index (χ0n) is 17.3. The zero-order valence-corrected chi connectivity index (χ0v) is 18.1. The Balaban J connectivity index is 1.44. The normalized spacial score (nSPS) is 13.7. The molecule has 0 radical (unpaired) electrons. The van der Waals surface area contributed by atoms with Crippen LogP contribution in [0.15, 0.2) is 35.8 Å². The van der Waals surface area contributed by atoms with E-state index in [1.165, 1.54) is 31.3 Å². The van der Waals surface area contributed by atoms with E-state index in [1.54, 1.807) is 43.0 Å². The van der Waals surface area contributed by atoms with Crippen molar-refractivity contribution in [3.05, 3.63) is 47.1 Å². The number of carbonyl (C=O) groups excluding carboxylic acids is 2. The minimum absolute atomic E-state index is 0.204. The smallest absolute Gasteiger partial charge is 0.354 e. The summed E-state index contributed by atoms with van der Waals surface area (Å²) in [5, 5.41) is 5.06. The first-order valence-electron chi connectivity index (χ1n) is 9.96. The van der Waals surface area contributed by atoms with E-state index in [1.807, 2.05) is 0 Å². The molecule has 1 saturated carbocycles. The lowest BCUT2D eigenvalue weighted by Crippen LogP contribution is -2.14. The second-order valence-electron chi connectivity index (χ2n) is 7.18. The number of nitrogens with zero attached hydrogens (tertiary/aromatic N) is 1. The van der Waals surface area contributed by atoms with Crippen molar-refractivity contribution < 1.29 is 23.8 Å². The predicted molar refractivity (Wildman–Crippen MR) is 117 cm³/mol. The number of aromatic nitrogens is 2. The van der Waals surface area contributed by atoms with Crippen LogP contribution < -0.4 is 14.8 Å². The molecule has 0 spiro atoms. The molecule has 0 aliphatic heterocycles. The highest BCUT2D eigenvalue weighted by Gasteiger charge is 2.20. The molecular formula is C22H23N3O5S. The first-order valence-corrected chi connectivity index (χ1v) is 10.8. The van der Waals surface area contributed by atoms with Crippen molar-refractivity contribution in [2.24, 2.45) is 0 Å². The van der Waals surface area contributed by atoms with E-state index in [2.05, 4.69) is 15.3 Å². The monoisotopic (exact) mass is 441 g/mol. The van der Waals surface area contributed by atoms with Gasteiger partial charge in [0, 0.05) is 22.7 Å². The molecule has 2 heterocycles. The number of rotatable bonds is 7. The van der Waals surface area contributed by atoms with E-state index < -0.39 is 5.97 Å². The predicted octanol–water partition coefficient (Wildman–Crippen LogP) is 4.51. The molecule has 4 rings (SSSR count). The molecule has 1 fully saturated rings. The molecule has 2 aromatic heterocycles. The molecule has 1 aromatic carbocycles. The van der Waals surface area contributed by atoms with Crippen LogP contribution in [0.4, 0.5) is 5.13 Å². The fourth-order valence-corrected chi connectivity index (χ4v) is 4.21. The van der Waals surface area contributed by atoms with E-state index in [0.29, 0.717) is 33.6 Å². The molecule has 3 aromatic rings. The minimum atomic E-state index is -0.454. The fourth-order valence-electron chi connectivity index (χ4n) is 3.50. The van der Waals surface area contributed by atoms with Crippen LogP contribution in [0.25, 0.3) is 11.3 Å². The lowest BCUT2D eigenvalue weighted by molar-refractivity contribution is 0.0594. The summed E-state index contributed by atoms with van der Waals surface area (Å²) in [6.45, 7) is 0. The summed E-state index contributed by atoms with van der Waals surface area (Å²) >= 11 is 1.30. The number of hydrogen-bond acceptors (Lipinski definition) is 7. The molecule has 0 unspecified atom stereocenters. The number of esters is 1. The van der Waals surface area contributed by atoms with Crippen LogP contribution in [0.3, 0.4) is 0 Å². The maximum atomic E-state index is 12.7. The standard InChI is InChI=1S/C22H23N3O5S/c1-28-19-10-13(7-8-18(19)30-15-5-3-4-6-15)20(26)25-22-24-17(12-31-22)14-9-16(23-11-14)21(27)29-2/h7-12,15,23H,3-6H2,1-2H3,(H,24,25,26). The first kappa shape index (κ1) is 20.9. The summed E-state index contributed by atoms with van der Waals surface area (Å²) in [5.41, 5.74) is 2.15. The van der Waals surface area contributed by atoms with Crippen LogP contribution in [0.1, 0.15) is 46.5 Å². The van der Waals surface area contributed by atoms with Crippen molar-refractivity contribution in [3.8, 4) is 22.8 Å². The van der Waals surface area contributed by atoms with Gasteiger partial charge in [0.15, 0.2) is 16.6 Å². The summed E-state index contributed by atoms with van der Waals surface area (Å²) in [4.78, 5) is 31.6. The fraction of sp³-hybridized carbons (Fsp3) is 0.318. The highest BCUT2D eigenvalue weighted by atomic mass is 32.1. The molecule has 1 aliphatic carbocycles. The largest absolute Gasteiger partial charge is 0.493 e. The van der Waals surface area contributed by atoms with Crippen LogP contribution in [-0.4, -0.2) is 42.2 Å². The SMILES string of the molecule is COC(=O)c1cc(-c2csc(NC(=O)c3ccc(OC4CCCC4)c(OC)c3)n2)c[nH]1. The van der Waals surface area contributed by atoms with Crippen molar-refractivity contribution in [3.63, 3.8) is 0 Å². The highest BCUT2D eigenvalue weighted by Crippen LogP contribution is 2.33. The third-order valence-electron chi connectivity index (χ3n) is 5.13. The molecule has 1 aliphatic rings. The summed E-state index contributed by atoms with van der Waals surface area (Å²) in [6, 6.07) is 6.81. The quantitative estimate of drug-likeness (QED) is 0.523. The van der Waals surface area contributed by atoms with Gasteiger partial charge in [0.25, 0.3) is 5.91 Å². The minimum Gasteiger partial charge on any atom is -0.493 e. The van der Waals surface area contributed by atoms with E-state index in [9.17, 15) is 9.59 Å². The van der Waals surface area contributed by atoms with Gasteiger partial charge in [-0.1, -0.05) is 0 Å². The van der Waals surface area contributed by atoms with Gasteiger partial charge in [-0.25, -0.2) is 9.78 Å². The molecule has 9 heteroatoms. The second kappa shape index (κ2) is 9.22. The molecular weight excluding hydrogens is 418 g/mol. The van der Waals surface area contributed by atoms with Crippen LogP contribution >= 0.6 is 11.3 Å². The van der Waals surface area contributed by atoms with Gasteiger partial charge in [-0.2, -0.15) is 0 Å². The van der Waals surface area contributed by atoms with Crippen LogP contribution in [0.2, 0.25) is 0 Å². The lowest BCUT2D eigenvalue weighted by Gasteiger charge is -2.16. The summed E-state index contributed by atoms with van der Waals surface area (Å²) in [7, 11) is 2.88. The summed E-state index contributed by atoms with van der Waals surface area (Å²) in [6.07, 6.45) is 6.31. The number of carbonyl (C=O) groups is 2. The zero-order chi connectivity index (χ0) is 21.8. The van der Waals surface area contributed by atoms with Gasteiger partial charge in [-0.05, 0) is 49.9 Å². The first-order chi connectivity index (χ1) is 15.1. The van der Waals surface area contributed by atoms with Crippen LogP contribution in [-0.2, 0) is 4.74 Å². The molecule has 1 amide bonds. The maximum absolute atomic E-state index is 12.7. The van der Waals surface area contributed by atoms with Crippen molar-refractivity contribution in [1.29, 1.82) is 0 Å². The van der Waals surface area contributed by atoms with Gasteiger partial charge in [-0.15, -0.1) is 11.3 Å². The number of H-pyrrole nitrogens is 1. The molecule has 2 N–H and O–H groups in total. The number of ether oxygens (including phenoxy) is 3. The Morgan fingerprint density at radius 2 is 1.97 bits per heavy atom. The van der Waals surface area contributed by atoms with Crippen molar-refractivity contribution in [2.45, 2.75) is 31.8 Å². The molecule has 31 heavy (non-hydrogen) atoms. The maximum Gasteiger partial charge on any atom is 0.354 e. The van der Waals surface area contributed by atoms with E-state index in [4.69, 9.17) is 14.2 Å². The van der Waals surface area contributed by atoms with Crippen molar-refractivity contribution in [2.75, 3.05) is 19.5 Å². The van der Waals surface area contributed by atoms with Crippen LogP contribution in [0.5, 0.6) is 11.5 Å². The average molecular weight is 442 g/mol. The van der Waals surface area contributed by atoms with Crippen molar-refractivity contribution in [1.82, 2.24) is 9.97 Å². The average Bonchev–Trinajstić information content (AvgIpc) is 3.55. The Kier molecular flexibility index (Phi) is 6.22. The molecule has 8 nitrogen and oxygen atoms in total. The highest BCUT2D eigenvalue weighted by molar-refractivity contribution is 7.14. The van der Waals surface area contributed by atoms with Gasteiger partial charge in [0.05, 0.1) is 26.0 Å². The van der Waals surface area contributed by atoms with E-state index >= 15 is 0 Å². The Hall–Kier alpha value is -3.33. The van der Waals surface area contributed by atoms with Gasteiger partial charge in [0.2, 0.25) is 0 Å². The Morgan fingerprint density at radius 3 is 2.71 bits per heavy atom. The number of hydrogen-bond donors (Lipinski definition) is 2. The molecule has 0 saturated heterocycles. The van der Waals surface area contributed by atoms with Gasteiger partial charge < -0.3 is 19.2 Å².